The van der Waals surface area contributed by atoms with Gasteiger partial charge in [0.25, 0.3) is 0 Å². The van der Waals surface area contributed by atoms with E-state index in [0.29, 0.717) is 16.7 Å². The van der Waals surface area contributed by atoms with Gasteiger partial charge in [0.2, 0.25) is 5.55 Å². The average molecular weight is 135 g/mol. The first-order chi connectivity index (χ1) is 4.77. The molecule has 0 aromatic carbocycles. The molecule has 4 nitrogen and oxygen atoms in total. The smallest absolute Gasteiger partial charge is 0.241 e. The molecule has 0 saturated heterocycles. The van der Waals surface area contributed by atoms with Crippen LogP contribution in [-0.4, -0.2) is 14.5 Å². The molecule has 0 amide bonds. The van der Waals surface area contributed by atoms with Crippen LogP contribution in [-0.2, 0) is 0 Å². The quantitative estimate of drug-likeness (QED) is 0.472. The molecule has 0 atom stereocenters. The highest BCUT2D eigenvalue weighted by molar-refractivity contribution is 5.32. The molecular formula is C6H5N3O. The molecular weight excluding hydrogens is 130 g/mol. The summed E-state index contributed by atoms with van der Waals surface area (Å²) in [4.78, 5) is 7.78. The van der Waals surface area contributed by atoms with Gasteiger partial charge in [0.15, 0.2) is 11.1 Å². The Kier molecular flexibility index (Phi) is 0.768. The van der Waals surface area contributed by atoms with Crippen molar-refractivity contribution >= 4 is 18.8 Å². The van der Waals surface area contributed by atoms with Gasteiger partial charge in [-0.1, -0.05) is 6.58 Å². The lowest BCUT2D eigenvalue weighted by Gasteiger charge is -1.74. The van der Waals surface area contributed by atoms with Crippen LogP contribution >= 0.6 is 0 Å². The lowest BCUT2D eigenvalue weighted by molar-refractivity contribution is 0.341. The highest BCUT2D eigenvalue weighted by Gasteiger charge is 1.97. The second-order valence-electron chi connectivity index (χ2n) is 1.92. The maximum absolute atomic E-state index is 5.01. The largest absolute Gasteiger partial charge is 0.352 e. The van der Waals surface area contributed by atoms with Crippen LogP contribution in [0.15, 0.2) is 10.7 Å². The molecule has 0 spiro atoms. The molecule has 0 bridgehead atoms. The van der Waals surface area contributed by atoms with Crippen LogP contribution in [0.3, 0.4) is 0 Å². The van der Waals surface area contributed by atoms with Gasteiger partial charge in [-0.3, -0.25) is 0 Å². The molecule has 2 aromatic heterocycles. The number of aromatic nitrogens is 3. The summed E-state index contributed by atoms with van der Waals surface area (Å²) in [6.45, 7) is 7.13. The van der Waals surface area contributed by atoms with E-state index in [9.17, 15) is 0 Å². The molecule has 0 N–H and O–H groups in total. The lowest BCUT2D eigenvalue weighted by Crippen LogP contribution is -2.07. The molecule has 0 fully saturated rings. The third-order valence-corrected chi connectivity index (χ3v) is 1.21. The predicted molar refractivity (Wildman–Crippen MR) is 35.5 cm³/mol. The number of rotatable bonds is 0. The van der Waals surface area contributed by atoms with E-state index in [-0.39, 0.29) is 0 Å². The maximum Gasteiger partial charge on any atom is 0.241 e. The maximum atomic E-state index is 5.01. The minimum absolute atomic E-state index is 0.377. The zero-order valence-corrected chi connectivity index (χ0v) is 5.24. The summed E-state index contributed by atoms with van der Waals surface area (Å²) in [7, 11) is 0. The van der Waals surface area contributed by atoms with Crippen molar-refractivity contribution in [2.75, 3.05) is 0 Å². The van der Waals surface area contributed by atoms with Crippen LogP contribution < -0.4 is 11.0 Å². The number of nitrogens with zero attached hydrogens (tertiary/aromatic N) is 3. The van der Waals surface area contributed by atoms with E-state index in [1.165, 1.54) is 4.57 Å². The van der Waals surface area contributed by atoms with Crippen LogP contribution in [0.25, 0.3) is 18.8 Å². The average Bonchev–Trinajstić information content (AvgIpc) is 2.35. The molecule has 2 heterocycles. The fourth-order valence-electron chi connectivity index (χ4n) is 0.797. The molecule has 0 aliphatic rings. The standard InChI is InChI=1S/C6H5N3O/c1-4-7-3-6-8-5(2)10-9(4)6/h3H,1-2H2. The van der Waals surface area contributed by atoms with Crippen molar-refractivity contribution < 1.29 is 4.52 Å². The van der Waals surface area contributed by atoms with Crippen LogP contribution in [0.5, 0.6) is 0 Å². The molecule has 0 saturated carbocycles. The highest BCUT2D eigenvalue weighted by Crippen LogP contribution is 1.85. The topological polar surface area (TPSA) is 43.3 Å². The number of hydrogen-bond acceptors (Lipinski definition) is 3. The first-order valence-electron chi connectivity index (χ1n) is 2.76. The monoisotopic (exact) mass is 135 g/mol. The Morgan fingerprint density at radius 3 is 3.00 bits per heavy atom. The number of fused-ring (bicyclic) bond motifs is 1. The van der Waals surface area contributed by atoms with Gasteiger partial charge in [0.05, 0.1) is 6.20 Å². The summed E-state index contributed by atoms with van der Waals surface area (Å²) in [6.07, 6.45) is 1.58. The van der Waals surface area contributed by atoms with Crippen molar-refractivity contribution in [3.05, 3.63) is 17.2 Å². The molecule has 4 heteroatoms. The molecule has 0 unspecified atom stereocenters. The molecule has 50 valence electrons. The summed E-state index contributed by atoms with van der Waals surface area (Å²) >= 11 is 0. The normalized spacial score (nSPS) is 10.8. The van der Waals surface area contributed by atoms with Crippen molar-refractivity contribution in [2.45, 2.75) is 0 Å². The molecule has 2 aromatic rings. The lowest BCUT2D eigenvalue weighted by atomic mass is 10.8. The van der Waals surface area contributed by atoms with Gasteiger partial charge in [-0.25, -0.2) is 4.98 Å². The second-order valence-corrected chi connectivity index (χ2v) is 1.92. The highest BCUT2D eigenvalue weighted by atomic mass is 16.5. The van der Waals surface area contributed by atoms with Crippen LogP contribution in [0.4, 0.5) is 0 Å². The fourth-order valence-corrected chi connectivity index (χ4v) is 0.797. The van der Waals surface area contributed by atoms with Crippen LogP contribution in [0.1, 0.15) is 0 Å². The van der Waals surface area contributed by atoms with Crippen molar-refractivity contribution in [3.63, 3.8) is 0 Å². The first-order valence-corrected chi connectivity index (χ1v) is 2.76. The summed E-state index contributed by atoms with van der Waals surface area (Å²) in [5, 5.41) is 0. The fraction of sp³-hybridized carbons (Fsp3) is 0. The predicted octanol–water partition coefficient (Wildman–Crippen LogP) is -0.857. The first kappa shape index (κ1) is 5.22. The van der Waals surface area contributed by atoms with Crippen molar-refractivity contribution in [3.8, 4) is 0 Å². The van der Waals surface area contributed by atoms with Gasteiger partial charge in [-0.15, -0.1) is 4.57 Å². The number of hydrogen-bond donors (Lipinski definition) is 0. The Bertz CT molecular complexity index is 453. The Morgan fingerprint density at radius 2 is 2.30 bits per heavy atom. The van der Waals surface area contributed by atoms with Crippen molar-refractivity contribution in [1.82, 2.24) is 14.5 Å². The van der Waals surface area contributed by atoms with Gasteiger partial charge < -0.3 is 4.52 Å². The third kappa shape index (κ3) is 0.500. The van der Waals surface area contributed by atoms with E-state index in [4.69, 9.17) is 4.52 Å². The van der Waals surface area contributed by atoms with Gasteiger partial charge in [0, 0.05) is 0 Å². The number of imidazole rings is 1. The van der Waals surface area contributed by atoms with Gasteiger partial charge in [-0.05, 0) is 6.58 Å². The van der Waals surface area contributed by atoms with E-state index in [1.807, 2.05) is 0 Å². The second kappa shape index (κ2) is 1.47. The van der Waals surface area contributed by atoms with E-state index >= 15 is 0 Å². The van der Waals surface area contributed by atoms with Gasteiger partial charge >= 0.3 is 0 Å². The van der Waals surface area contributed by atoms with E-state index in [1.54, 1.807) is 6.20 Å². The molecule has 10 heavy (non-hydrogen) atoms. The van der Waals surface area contributed by atoms with E-state index < -0.39 is 0 Å². The van der Waals surface area contributed by atoms with Gasteiger partial charge in [0.1, 0.15) is 0 Å². The summed E-state index contributed by atoms with van der Waals surface area (Å²) in [5.41, 5.74) is 1.56. The zero-order valence-electron chi connectivity index (χ0n) is 5.24. The van der Waals surface area contributed by atoms with Gasteiger partial charge in [-0.2, -0.15) is 4.98 Å². The summed E-state index contributed by atoms with van der Waals surface area (Å²) in [6, 6.07) is 0. The van der Waals surface area contributed by atoms with Crippen LogP contribution in [0, 0.1) is 0 Å². The van der Waals surface area contributed by atoms with Crippen molar-refractivity contribution in [2.24, 2.45) is 0 Å². The SMILES string of the molecule is C=c1nc2cnc(=C)n2o1. The Hall–Kier alpha value is -1.58. The van der Waals surface area contributed by atoms with Crippen LogP contribution in [0.2, 0.25) is 0 Å². The Morgan fingerprint density at radius 1 is 1.50 bits per heavy atom. The van der Waals surface area contributed by atoms with E-state index in [2.05, 4.69) is 23.1 Å². The minimum atomic E-state index is 0.377. The minimum Gasteiger partial charge on any atom is -0.352 e. The molecule has 0 aliphatic carbocycles. The Balaban J connectivity index is 3.18. The van der Waals surface area contributed by atoms with E-state index in [0.717, 1.165) is 0 Å². The zero-order chi connectivity index (χ0) is 7.14. The molecule has 0 aliphatic heterocycles. The molecule has 2 rings (SSSR count). The summed E-state index contributed by atoms with van der Waals surface area (Å²) in [5.74, 6) is 0. The third-order valence-electron chi connectivity index (χ3n) is 1.21. The molecule has 0 radical (unpaired) electrons. The van der Waals surface area contributed by atoms with Crippen molar-refractivity contribution in [1.29, 1.82) is 0 Å². The summed E-state index contributed by atoms with van der Waals surface area (Å²) < 4.78 is 6.44. The Labute approximate surface area is 56.1 Å².